The molecule has 0 saturated heterocycles. The molecule has 0 aliphatic heterocycles. The summed E-state index contributed by atoms with van der Waals surface area (Å²) >= 11 is 5.82. The fraction of sp³-hybridized carbons (Fsp3) is 0.321. The van der Waals surface area contributed by atoms with Gasteiger partial charge in [-0.05, 0) is 49.3 Å². The molecule has 10 heteroatoms. The van der Waals surface area contributed by atoms with Gasteiger partial charge in [0.2, 0.25) is 10.0 Å². The number of carbonyl (C=O) groups excluding carboxylic acids is 1. The van der Waals surface area contributed by atoms with Gasteiger partial charge >= 0.3 is 5.97 Å². The maximum Gasteiger partial charge on any atom is 0.321 e. The first-order valence-electron chi connectivity index (χ1n) is 12.6. The summed E-state index contributed by atoms with van der Waals surface area (Å²) in [4.78, 5) is 18.3. The molecule has 2 aromatic carbocycles. The number of ether oxygens (including phenoxy) is 1. The number of aromatic nitrogens is 2. The van der Waals surface area contributed by atoms with Crippen LogP contribution in [0.5, 0.6) is 0 Å². The first kappa shape index (κ1) is 26.3. The molecule has 1 aliphatic rings. The Morgan fingerprint density at radius 1 is 1.13 bits per heavy atom. The minimum absolute atomic E-state index is 0.121. The van der Waals surface area contributed by atoms with Gasteiger partial charge in [-0.25, -0.2) is 13.4 Å². The van der Waals surface area contributed by atoms with E-state index in [-0.39, 0.29) is 4.90 Å². The molecule has 1 aliphatic carbocycles. The molecule has 2 heterocycles. The highest BCUT2D eigenvalue weighted by molar-refractivity contribution is 7.89. The van der Waals surface area contributed by atoms with Crippen LogP contribution in [0.25, 0.3) is 16.4 Å². The van der Waals surface area contributed by atoms with Crippen LogP contribution >= 0.6 is 12.2 Å². The number of nitrogens with one attached hydrogen (secondary N) is 2. The number of benzene rings is 2. The summed E-state index contributed by atoms with van der Waals surface area (Å²) in [5.74, 6) is -0.649. The smallest absolute Gasteiger partial charge is 0.321 e. The molecule has 0 radical (unpaired) electrons. The number of hydrogen-bond acceptors (Lipinski definition) is 6. The zero-order valence-electron chi connectivity index (χ0n) is 21.3. The lowest BCUT2D eigenvalue weighted by molar-refractivity contribution is -0.151. The molecule has 38 heavy (non-hydrogen) atoms. The number of sulfonamides is 1. The lowest BCUT2D eigenvalue weighted by atomic mass is 9.67. The molecule has 4 aromatic rings. The van der Waals surface area contributed by atoms with Crippen LogP contribution in [0, 0.1) is 6.92 Å². The minimum Gasteiger partial charge on any atom is -0.460 e. The summed E-state index contributed by atoms with van der Waals surface area (Å²) in [6.45, 7) is 1.45. The van der Waals surface area contributed by atoms with Gasteiger partial charge in [0.1, 0.15) is 18.3 Å². The second kappa shape index (κ2) is 10.4. The number of carbonyl (C=O) groups is 1. The van der Waals surface area contributed by atoms with Crippen molar-refractivity contribution in [2.24, 2.45) is 0 Å². The summed E-state index contributed by atoms with van der Waals surface area (Å²) in [7, 11) is -2.17. The van der Waals surface area contributed by atoms with Crippen LogP contribution in [0.2, 0.25) is 0 Å². The van der Waals surface area contributed by atoms with E-state index in [0.717, 1.165) is 35.1 Å². The SMILES string of the molecule is CNC(=S)C1(c2ccc3nc(C)cn3c2)CCCCC1OC(=O)CNS(=O)(=O)c1cccc2ccccc12. The summed E-state index contributed by atoms with van der Waals surface area (Å²) in [6, 6.07) is 16.2. The Bertz CT molecular complexity index is 1630. The average molecular weight is 551 g/mol. The second-order valence-electron chi connectivity index (χ2n) is 9.64. The lowest BCUT2D eigenvalue weighted by Crippen LogP contribution is -2.54. The van der Waals surface area contributed by atoms with Crippen molar-refractivity contribution in [2.75, 3.05) is 13.6 Å². The number of thiocarbonyl (C=S) groups is 1. The Morgan fingerprint density at radius 3 is 2.74 bits per heavy atom. The normalized spacial score (nSPS) is 19.9. The third-order valence-electron chi connectivity index (χ3n) is 7.28. The molecular formula is C28H30N4O4S2. The number of esters is 1. The van der Waals surface area contributed by atoms with Gasteiger partial charge in [-0.15, -0.1) is 0 Å². The van der Waals surface area contributed by atoms with Crippen LogP contribution in [-0.4, -0.2) is 48.5 Å². The monoisotopic (exact) mass is 550 g/mol. The van der Waals surface area contributed by atoms with Gasteiger partial charge in [-0.1, -0.05) is 61.1 Å². The fourth-order valence-electron chi connectivity index (χ4n) is 5.49. The van der Waals surface area contributed by atoms with Crippen LogP contribution in [0.1, 0.15) is 36.9 Å². The Hall–Kier alpha value is -3.34. The topological polar surface area (TPSA) is 102 Å². The summed E-state index contributed by atoms with van der Waals surface area (Å²) < 4.78 is 36.6. The van der Waals surface area contributed by atoms with Gasteiger partial charge < -0.3 is 14.5 Å². The van der Waals surface area contributed by atoms with E-state index in [4.69, 9.17) is 17.0 Å². The molecule has 0 amide bonds. The number of likely N-dealkylation sites (N-methyl/N-ethyl adjacent to an activating group) is 1. The van der Waals surface area contributed by atoms with Crippen molar-refractivity contribution in [1.29, 1.82) is 0 Å². The maximum absolute atomic E-state index is 13.1. The van der Waals surface area contributed by atoms with Gasteiger partial charge in [0.15, 0.2) is 0 Å². The molecule has 0 bridgehead atoms. The largest absolute Gasteiger partial charge is 0.460 e. The molecule has 2 atom stereocenters. The number of fused-ring (bicyclic) bond motifs is 2. The number of pyridine rings is 1. The van der Waals surface area contributed by atoms with Crippen LogP contribution in [0.4, 0.5) is 0 Å². The zero-order valence-corrected chi connectivity index (χ0v) is 22.9. The highest BCUT2D eigenvalue weighted by Crippen LogP contribution is 2.42. The summed E-state index contributed by atoms with van der Waals surface area (Å²) in [6.07, 6.45) is 6.50. The van der Waals surface area contributed by atoms with Crippen molar-refractivity contribution >= 4 is 49.6 Å². The van der Waals surface area contributed by atoms with Crippen LogP contribution in [0.15, 0.2) is 71.9 Å². The Labute approximate surface area is 227 Å². The zero-order chi connectivity index (χ0) is 26.9. The van der Waals surface area contributed by atoms with Crippen molar-refractivity contribution in [1.82, 2.24) is 19.4 Å². The number of hydrogen-bond donors (Lipinski definition) is 2. The lowest BCUT2D eigenvalue weighted by Gasteiger charge is -2.44. The third kappa shape index (κ3) is 4.79. The number of nitrogens with zero attached hydrogens (tertiary/aromatic N) is 2. The van der Waals surface area contributed by atoms with E-state index in [9.17, 15) is 13.2 Å². The highest BCUT2D eigenvalue weighted by Gasteiger charge is 2.48. The fourth-order valence-corrected chi connectivity index (χ4v) is 7.04. The maximum atomic E-state index is 13.1. The standard InChI is InChI=1S/C28H30N4O4S2/c1-19-17-32-18-21(13-14-25(32)31-19)28(27(37)29-2)15-6-5-12-24(28)36-26(33)16-30-38(34,35)23-11-7-9-20-8-3-4-10-22(20)23/h3-4,7-11,13-14,17-18,24,30H,5-6,12,15-16H2,1-2H3,(H,29,37). The van der Waals surface area contributed by atoms with Crippen LogP contribution in [-0.2, 0) is 25.0 Å². The molecule has 2 N–H and O–H groups in total. The van der Waals surface area contributed by atoms with Crippen molar-refractivity contribution in [2.45, 2.75) is 49.0 Å². The van der Waals surface area contributed by atoms with Crippen molar-refractivity contribution in [3.05, 3.63) is 78.2 Å². The average Bonchev–Trinajstić information content (AvgIpc) is 3.31. The second-order valence-corrected chi connectivity index (χ2v) is 11.8. The van der Waals surface area contributed by atoms with Gasteiger partial charge in [0.05, 0.1) is 21.0 Å². The van der Waals surface area contributed by atoms with E-state index in [1.807, 2.05) is 54.0 Å². The Kier molecular flexibility index (Phi) is 7.21. The number of rotatable bonds is 7. The van der Waals surface area contributed by atoms with Crippen LogP contribution in [0.3, 0.4) is 0 Å². The predicted octanol–water partition coefficient (Wildman–Crippen LogP) is 4.04. The molecule has 0 spiro atoms. The Balaban J connectivity index is 1.39. The quantitative estimate of drug-likeness (QED) is 0.265. The van der Waals surface area contributed by atoms with E-state index in [2.05, 4.69) is 15.0 Å². The van der Waals surface area contributed by atoms with Gasteiger partial charge in [0, 0.05) is 24.8 Å². The molecule has 1 fully saturated rings. The minimum atomic E-state index is -3.95. The van der Waals surface area contributed by atoms with Crippen molar-refractivity contribution in [3.63, 3.8) is 0 Å². The molecule has 8 nitrogen and oxygen atoms in total. The van der Waals surface area contributed by atoms with E-state index in [0.29, 0.717) is 23.2 Å². The molecular weight excluding hydrogens is 520 g/mol. The van der Waals surface area contributed by atoms with E-state index in [1.54, 1.807) is 25.2 Å². The van der Waals surface area contributed by atoms with E-state index >= 15 is 0 Å². The van der Waals surface area contributed by atoms with E-state index < -0.39 is 34.1 Å². The summed E-state index contributed by atoms with van der Waals surface area (Å²) in [5.41, 5.74) is 1.91. The highest BCUT2D eigenvalue weighted by atomic mass is 32.2. The number of imidazole rings is 1. The molecule has 198 valence electrons. The van der Waals surface area contributed by atoms with Gasteiger partial charge in [-0.2, -0.15) is 4.72 Å². The van der Waals surface area contributed by atoms with Gasteiger partial charge in [0.25, 0.3) is 0 Å². The van der Waals surface area contributed by atoms with Gasteiger partial charge in [-0.3, -0.25) is 4.79 Å². The molecule has 2 unspecified atom stereocenters. The number of aryl methyl sites for hydroxylation is 1. The summed E-state index contributed by atoms with van der Waals surface area (Å²) in [5, 5.41) is 4.52. The molecule has 1 saturated carbocycles. The Morgan fingerprint density at radius 2 is 1.92 bits per heavy atom. The van der Waals surface area contributed by atoms with Crippen molar-refractivity contribution in [3.8, 4) is 0 Å². The molecule has 2 aromatic heterocycles. The molecule has 5 rings (SSSR count). The first-order valence-corrected chi connectivity index (χ1v) is 14.5. The predicted molar refractivity (Wildman–Crippen MR) is 151 cm³/mol. The third-order valence-corrected chi connectivity index (χ3v) is 9.30. The van der Waals surface area contributed by atoms with E-state index in [1.165, 1.54) is 6.07 Å². The first-order chi connectivity index (χ1) is 18.2. The van der Waals surface area contributed by atoms with Crippen LogP contribution < -0.4 is 10.0 Å². The van der Waals surface area contributed by atoms with Crippen molar-refractivity contribution < 1.29 is 17.9 Å².